The Hall–Kier alpha value is -3.37. The second-order valence-corrected chi connectivity index (χ2v) is 6.80. The number of aromatic amines is 1. The summed E-state index contributed by atoms with van der Waals surface area (Å²) in [5.41, 5.74) is 0.582. The molecule has 1 amide bonds. The van der Waals surface area contributed by atoms with Crippen LogP contribution in [-0.4, -0.2) is 62.6 Å². The van der Waals surface area contributed by atoms with Crippen molar-refractivity contribution in [2.45, 2.75) is 12.5 Å². The molecule has 6 N–H and O–H groups in total. The maximum Gasteiger partial charge on any atom is 0.255 e. The molecule has 0 saturated carbocycles. The van der Waals surface area contributed by atoms with Gasteiger partial charge in [-0.15, -0.1) is 0 Å². The summed E-state index contributed by atoms with van der Waals surface area (Å²) in [6.45, 7) is 0.605. The number of carbonyl (C=O) groups is 1. The van der Waals surface area contributed by atoms with Gasteiger partial charge in [0.2, 0.25) is 0 Å². The maximum atomic E-state index is 13.5. The number of H-pyrrole nitrogens is 1. The van der Waals surface area contributed by atoms with Crippen molar-refractivity contribution in [3.05, 3.63) is 53.2 Å². The Morgan fingerprint density at radius 2 is 2.03 bits per heavy atom. The van der Waals surface area contributed by atoms with Gasteiger partial charge in [-0.1, -0.05) is 0 Å². The number of nitrogens with zero attached hydrogens (tertiary/aromatic N) is 2. The van der Waals surface area contributed by atoms with Gasteiger partial charge in [0.25, 0.3) is 5.91 Å². The molecule has 0 aliphatic carbocycles. The second kappa shape index (κ2) is 7.94. The first kappa shape index (κ1) is 20.4. The van der Waals surface area contributed by atoms with E-state index in [0.717, 1.165) is 0 Å². The lowest BCUT2D eigenvalue weighted by Crippen LogP contribution is -2.51. The Labute approximate surface area is 165 Å². The van der Waals surface area contributed by atoms with Crippen molar-refractivity contribution >= 4 is 28.5 Å². The molecule has 0 spiro atoms. The summed E-state index contributed by atoms with van der Waals surface area (Å²) in [7, 11) is 1.62. The van der Waals surface area contributed by atoms with E-state index in [9.17, 15) is 19.4 Å². The molecule has 3 rings (SSSR count). The SMILES string of the molecule is CNc1cc(F)ccc1C(=N)c1cnc2[nH]cc(C(=O)NC(C)(CO)CO)c2n1. The number of hydrogen-bond acceptors (Lipinski definition) is 7. The second-order valence-electron chi connectivity index (χ2n) is 6.80. The molecule has 0 aliphatic rings. The number of rotatable bonds is 7. The van der Waals surface area contributed by atoms with Crippen LogP contribution in [0, 0.1) is 11.2 Å². The minimum atomic E-state index is -1.20. The zero-order valence-electron chi connectivity index (χ0n) is 15.9. The van der Waals surface area contributed by atoms with E-state index >= 15 is 0 Å². The van der Waals surface area contributed by atoms with Crippen LogP contribution in [0.25, 0.3) is 11.2 Å². The van der Waals surface area contributed by atoms with Crippen LogP contribution in [0.2, 0.25) is 0 Å². The first-order valence-corrected chi connectivity index (χ1v) is 8.77. The number of carbonyl (C=O) groups excluding carboxylic acids is 1. The molecule has 2 heterocycles. The summed E-state index contributed by atoms with van der Waals surface area (Å²) in [4.78, 5) is 24.0. The highest BCUT2D eigenvalue weighted by atomic mass is 19.1. The fraction of sp³-hybridized carbons (Fsp3) is 0.263. The summed E-state index contributed by atoms with van der Waals surface area (Å²) in [5.74, 6) is -0.995. The highest BCUT2D eigenvalue weighted by molar-refractivity contribution is 6.14. The number of halogens is 1. The van der Waals surface area contributed by atoms with Crippen molar-refractivity contribution in [1.82, 2.24) is 20.3 Å². The normalized spacial score (nSPS) is 11.5. The van der Waals surface area contributed by atoms with Gasteiger partial charge in [-0.2, -0.15) is 0 Å². The summed E-state index contributed by atoms with van der Waals surface area (Å²) >= 11 is 0. The van der Waals surface area contributed by atoms with Crippen LogP contribution in [0.3, 0.4) is 0 Å². The topological polar surface area (TPSA) is 147 Å². The van der Waals surface area contributed by atoms with Crippen molar-refractivity contribution < 1.29 is 19.4 Å². The van der Waals surface area contributed by atoms with Crippen molar-refractivity contribution in [1.29, 1.82) is 5.41 Å². The number of amides is 1. The van der Waals surface area contributed by atoms with Crippen LogP contribution < -0.4 is 10.6 Å². The van der Waals surface area contributed by atoms with Crippen LogP contribution in [0.15, 0.2) is 30.6 Å². The molecule has 2 aromatic heterocycles. The number of aromatic nitrogens is 3. The predicted molar refractivity (Wildman–Crippen MR) is 106 cm³/mol. The quantitative estimate of drug-likeness (QED) is 0.327. The Morgan fingerprint density at radius 1 is 1.31 bits per heavy atom. The van der Waals surface area contributed by atoms with Crippen molar-refractivity contribution in [2.75, 3.05) is 25.6 Å². The number of aliphatic hydroxyl groups excluding tert-OH is 2. The monoisotopic (exact) mass is 400 g/mol. The van der Waals surface area contributed by atoms with Crippen LogP contribution in [-0.2, 0) is 0 Å². The zero-order chi connectivity index (χ0) is 21.2. The average molecular weight is 400 g/mol. The van der Waals surface area contributed by atoms with Gasteiger partial charge in [0.05, 0.1) is 36.2 Å². The standard InChI is InChI=1S/C19H21FN6O3/c1-19(8-27,9-28)26-18(29)12-6-23-17-16(12)25-14(7-24-17)15(21)11-4-3-10(20)5-13(11)22-2/h3-7,21-22,27-28H,8-9H2,1-2H3,(H,23,24)(H,26,29). The fourth-order valence-corrected chi connectivity index (χ4v) is 2.73. The number of benzene rings is 1. The van der Waals surface area contributed by atoms with E-state index in [1.54, 1.807) is 7.05 Å². The first-order chi connectivity index (χ1) is 13.8. The third-order valence-electron chi connectivity index (χ3n) is 4.52. The third-order valence-corrected chi connectivity index (χ3v) is 4.52. The van der Waals surface area contributed by atoms with Gasteiger partial charge in [0.1, 0.15) is 17.0 Å². The highest BCUT2D eigenvalue weighted by Gasteiger charge is 2.27. The number of anilines is 1. The number of aliphatic hydroxyl groups is 2. The molecular formula is C19H21FN6O3. The lowest BCUT2D eigenvalue weighted by molar-refractivity contribution is 0.0725. The lowest BCUT2D eigenvalue weighted by Gasteiger charge is -2.25. The molecule has 0 radical (unpaired) electrons. The third kappa shape index (κ3) is 3.93. The van der Waals surface area contributed by atoms with Gasteiger partial charge in [-0.05, 0) is 25.1 Å². The molecule has 0 saturated heterocycles. The smallest absolute Gasteiger partial charge is 0.255 e. The molecule has 29 heavy (non-hydrogen) atoms. The van der Waals surface area contributed by atoms with Gasteiger partial charge >= 0.3 is 0 Å². The molecule has 3 aromatic rings. The molecule has 10 heteroatoms. The lowest BCUT2D eigenvalue weighted by atomic mass is 10.0. The molecule has 9 nitrogen and oxygen atoms in total. The summed E-state index contributed by atoms with van der Waals surface area (Å²) in [5, 5.41) is 32.6. The van der Waals surface area contributed by atoms with E-state index in [2.05, 4.69) is 25.6 Å². The Morgan fingerprint density at radius 3 is 2.69 bits per heavy atom. The molecule has 1 aromatic carbocycles. The van der Waals surface area contributed by atoms with Crippen LogP contribution >= 0.6 is 0 Å². The van der Waals surface area contributed by atoms with E-state index in [4.69, 9.17) is 5.41 Å². The largest absolute Gasteiger partial charge is 0.394 e. The zero-order valence-corrected chi connectivity index (χ0v) is 15.9. The number of fused-ring (bicyclic) bond motifs is 1. The molecule has 0 bridgehead atoms. The Kier molecular flexibility index (Phi) is 5.57. The molecule has 0 fully saturated rings. The van der Waals surface area contributed by atoms with Gasteiger partial charge in [0, 0.05) is 24.5 Å². The minimum Gasteiger partial charge on any atom is -0.394 e. The molecule has 0 unspecified atom stereocenters. The predicted octanol–water partition coefficient (Wildman–Crippen LogP) is 1.03. The highest BCUT2D eigenvalue weighted by Crippen LogP contribution is 2.21. The van der Waals surface area contributed by atoms with E-state index in [1.807, 2.05) is 0 Å². The van der Waals surface area contributed by atoms with Gasteiger partial charge in [0.15, 0.2) is 5.65 Å². The average Bonchev–Trinajstić information content (AvgIpc) is 3.16. The van der Waals surface area contributed by atoms with Gasteiger partial charge in [-0.3, -0.25) is 10.2 Å². The number of hydrogen-bond donors (Lipinski definition) is 6. The molecule has 0 aliphatic heterocycles. The summed E-state index contributed by atoms with van der Waals surface area (Å²) < 4.78 is 13.5. The van der Waals surface area contributed by atoms with E-state index in [-0.39, 0.29) is 22.5 Å². The maximum absolute atomic E-state index is 13.5. The molecule has 0 atom stereocenters. The van der Waals surface area contributed by atoms with Crippen molar-refractivity contribution in [2.24, 2.45) is 0 Å². The van der Waals surface area contributed by atoms with Crippen LogP contribution in [0.5, 0.6) is 0 Å². The molecular weight excluding hydrogens is 379 g/mol. The summed E-state index contributed by atoms with van der Waals surface area (Å²) in [6, 6.07) is 3.99. The van der Waals surface area contributed by atoms with E-state index in [0.29, 0.717) is 16.9 Å². The van der Waals surface area contributed by atoms with Gasteiger partial charge in [-0.25, -0.2) is 14.4 Å². The van der Waals surface area contributed by atoms with Crippen molar-refractivity contribution in [3.63, 3.8) is 0 Å². The van der Waals surface area contributed by atoms with E-state index < -0.39 is 30.5 Å². The fourth-order valence-electron chi connectivity index (χ4n) is 2.73. The minimum absolute atomic E-state index is 0.00635. The van der Waals surface area contributed by atoms with Crippen LogP contribution in [0.4, 0.5) is 10.1 Å². The molecule has 152 valence electrons. The van der Waals surface area contributed by atoms with Crippen molar-refractivity contribution in [3.8, 4) is 0 Å². The van der Waals surface area contributed by atoms with E-state index in [1.165, 1.54) is 37.5 Å². The Bertz CT molecular complexity index is 1080. The Balaban J connectivity index is 1.99. The first-order valence-electron chi connectivity index (χ1n) is 8.77. The van der Waals surface area contributed by atoms with Gasteiger partial charge < -0.3 is 25.8 Å². The summed E-state index contributed by atoms with van der Waals surface area (Å²) in [6.07, 6.45) is 2.80. The van der Waals surface area contributed by atoms with Crippen LogP contribution in [0.1, 0.15) is 28.5 Å². The number of nitrogens with one attached hydrogen (secondary N) is 4.